The lowest BCUT2D eigenvalue weighted by Crippen LogP contribution is -2.50. The molecule has 0 atom stereocenters. The summed E-state index contributed by atoms with van der Waals surface area (Å²) in [6.45, 7) is 11.3. The SMILES string of the molecule is C=CCOc1c(-c2ccccc2)cc(C)cc1[Si](CC)(CC)C1C=CC=C1. The van der Waals surface area contributed by atoms with Gasteiger partial charge in [0, 0.05) is 5.56 Å². The molecule has 0 bridgehead atoms. The minimum Gasteiger partial charge on any atom is -0.489 e. The first kappa shape index (κ1) is 19.4. The summed E-state index contributed by atoms with van der Waals surface area (Å²) in [5.41, 5.74) is 4.26. The van der Waals surface area contributed by atoms with Gasteiger partial charge in [0.2, 0.25) is 0 Å². The smallest absolute Gasteiger partial charge is 0.126 e. The van der Waals surface area contributed by atoms with Gasteiger partial charge in [-0.3, -0.25) is 0 Å². The highest BCUT2D eigenvalue weighted by molar-refractivity contribution is 6.94. The standard InChI is InChI=1S/C25H30OSi/c1-5-17-26-25-23(21-13-9-8-10-14-21)18-20(4)19-24(25)27(6-2,7-3)22-15-11-12-16-22/h5,8-16,18-19,22H,1,6-7,17H2,2-4H3. The van der Waals surface area contributed by atoms with Crippen molar-refractivity contribution in [1.82, 2.24) is 0 Å². The molecule has 0 fully saturated rings. The van der Waals surface area contributed by atoms with Gasteiger partial charge in [0.05, 0.1) is 0 Å². The average molecular weight is 375 g/mol. The van der Waals surface area contributed by atoms with Crippen LogP contribution in [0.25, 0.3) is 11.1 Å². The van der Waals surface area contributed by atoms with Crippen LogP contribution < -0.4 is 9.92 Å². The molecule has 0 spiro atoms. The Bertz CT molecular complexity index is 832. The Hall–Kier alpha value is -2.32. The maximum atomic E-state index is 6.36. The zero-order valence-electron chi connectivity index (χ0n) is 16.7. The van der Waals surface area contributed by atoms with E-state index in [0.29, 0.717) is 12.1 Å². The van der Waals surface area contributed by atoms with Crippen molar-refractivity contribution in [3.63, 3.8) is 0 Å². The van der Waals surface area contributed by atoms with E-state index in [9.17, 15) is 0 Å². The van der Waals surface area contributed by atoms with Crippen LogP contribution in [0.1, 0.15) is 19.4 Å². The maximum absolute atomic E-state index is 6.36. The monoisotopic (exact) mass is 374 g/mol. The predicted octanol–water partition coefficient (Wildman–Crippen LogP) is 6.42. The second kappa shape index (κ2) is 8.58. The maximum Gasteiger partial charge on any atom is 0.126 e. The summed E-state index contributed by atoms with van der Waals surface area (Å²) in [5, 5.41) is 1.45. The van der Waals surface area contributed by atoms with Gasteiger partial charge in [0.25, 0.3) is 0 Å². The molecule has 1 nitrogen and oxygen atoms in total. The highest BCUT2D eigenvalue weighted by Gasteiger charge is 2.41. The van der Waals surface area contributed by atoms with Crippen LogP contribution in [0, 0.1) is 6.92 Å². The van der Waals surface area contributed by atoms with Crippen molar-refractivity contribution in [2.75, 3.05) is 6.61 Å². The lowest BCUT2D eigenvalue weighted by molar-refractivity contribution is 0.367. The Morgan fingerprint density at radius 3 is 2.30 bits per heavy atom. The van der Waals surface area contributed by atoms with Crippen LogP contribution in [0.5, 0.6) is 5.75 Å². The lowest BCUT2D eigenvalue weighted by Gasteiger charge is -2.36. The van der Waals surface area contributed by atoms with Crippen molar-refractivity contribution in [2.45, 2.75) is 38.4 Å². The van der Waals surface area contributed by atoms with E-state index in [0.717, 1.165) is 5.75 Å². The van der Waals surface area contributed by atoms with Gasteiger partial charge in [-0.05, 0) is 29.3 Å². The van der Waals surface area contributed by atoms with Crippen molar-refractivity contribution >= 4 is 13.3 Å². The first-order valence-electron chi connectivity index (χ1n) is 9.95. The van der Waals surface area contributed by atoms with Gasteiger partial charge in [0.15, 0.2) is 0 Å². The molecule has 140 valence electrons. The minimum atomic E-state index is -1.81. The summed E-state index contributed by atoms with van der Waals surface area (Å²) in [5.74, 6) is 1.07. The third kappa shape index (κ3) is 3.72. The van der Waals surface area contributed by atoms with E-state index in [2.05, 4.69) is 94.1 Å². The molecular formula is C25H30OSi. The molecule has 0 N–H and O–H groups in total. The van der Waals surface area contributed by atoms with Gasteiger partial charge in [-0.15, -0.1) is 0 Å². The van der Waals surface area contributed by atoms with Crippen LogP contribution in [0.2, 0.25) is 17.6 Å². The zero-order valence-corrected chi connectivity index (χ0v) is 17.7. The van der Waals surface area contributed by atoms with Crippen molar-refractivity contribution < 1.29 is 4.74 Å². The van der Waals surface area contributed by atoms with E-state index in [1.807, 2.05) is 6.08 Å². The fourth-order valence-electron chi connectivity index (χ4n) is 4.36. The number of ether oxygens (including phenoxy) is 1. The van der Waals surface area contributed by atoms with Crippen LogP contribution in [-0.4, -0.2) is 14.7 Å². The van der Waals surface area contributed by atoms with E-state index < -0.39 is 8.07 Å². The van der Waals surface area contributed by atoms with E-state index in [1.54, 1.807) is 0 Å². The Morgan fingerprint density at radius 2 is 1.70 bits per heavy atom. The van der Waals surface area contributed by atoms with Gasteiger partial charge in [-0.25, -0.2) is 0 Å². The molecule has 0 aromatic heterocycles. The topological polar surface area (TPSA) is 9.23 Å². The Labute approximate surface area is 165 Å². The molecule has 0 saturated carbocycles. The number of hydrogen-bond donors (Lipinski definition) is 0. The van der Waals surface area contributed by atoms with Gasteiger partial charge in [-0.1, -0.05) is 105 Å². The number of rotatable bonds is 8. The quantitative estimate of drug-likeness (QED) is 0.383. The fraction of sp³-hybridized carbons (Fsp3) is 0.280. The van der Waals surface area contributed by atoms with Crippen LogP contribution >= 0.6 is 0 Å². The summed E-state index contributed by atoms with van der Waals surface area (Å²) >= 11 is 0. The molecule has 0 saturated heterocycles. The number of allylic oxidation sites excluding steroid dienone is 4. The van der Waals surface area contributed by atoms with E-state index in [1.165, 1.54) is 34.0 Å². The molecule has 1 aliphatic rings. The highest BCUT2D eigenvalue weighted by atomic mass is 28.3. The van der Waals surface area contributed by atoms with Crippen LogP contribution in [0.3, 0.4) is 0 Å². The summed E-state index contributed by atoms with van der Waals surface area (Å²) < 4.78 is 6.36. The van der Waals surface area contributed by atoms with Crippen LogP contribution in [0.4, 0.5) is 0 Å². The van der Waals surface area contributed by atoms with Crippen LogP contribution in [0.15, 0.2) is 79.4 Å². The first-order valence-corrected chi connectivity index (χ1v) is 12.4. The number of hydrogen-bond acceptors (Lipinski definition) is 1. The van der Waals surface area contributed by atoms with Crippen molar-refractivity contribution in [3.05, 3.63) is 85.0 Å². The van der Waals surface area contributed by atoms with Gasteiger partial charge >= 0.3 is 0 Å². The summed E-state index contributed by atoms with van der Waals surface area (Å²) in [6.07, 6.45) is 11.0. The van der Waals surface area contributed by atoms with E-state index >= 15 is 0 Å². The molecular weight excluding hydrogens is 344 g/mol. The van der Waals surface area contributed by atoms with Crippen LogP contribution in [-0.2, 0) is 0 Å². The summed E-state index contributed by atoms with van der Waals surface area (Å²) in [6, 6.07) is 17.7. The molecule has 0 unspecified atom stereocenters. The predicted molar refractivity (Wildman–Crippen MR) is 121 cm³/mol. The molecule has 27 heavy (non-hydrogen) atoms. The normalized spacial score (nSPS) is 13.9. The second-order valence-corrected chi connectivity index (χ2v) is 12.2. The third-order valence-electron chi connectivity index (χ3n) is 5.85. The molecule has 1 aliphatic carbocycles. The molecule has 2 aromatic rings. The molecule has 0 amide bonds. The Morgan fingerprint density at radius 1 is 1.04 bits per heavy atom. The number of aryl methyl sites for hydroxylation is 1. The molecule has 2 aromatic carbocycles. The van der Waals surface area contributed by atoms with E-state index in [-0.39, 0.29) is 0 Å². The zero-order chi connectivity index (χ0) is 19.3. The lowest BCUT2D eigenvalue weighted by atomic mass is 10.0. The van der Waals surface area contributed by atoms with Crippen molar-refractivity contribution in [1.29, 1.82) is 0 Å². The van der Waals surface area contributed by atoms with Gasteiger partial charge in [-0.2, -0.15) is 0 Å². The highest BCUT2D eigenvalue weighted by Crippen LogP contribution is 2.40. The van der Waals surface area contributed by atoms with Gasteiger partial charge in [0.1, 0.15) is 20.4 Å². The molecule has 3 rings (SSSR count). The Balaban J connectivity index is 2.27. The number of benzene rings is 2. The minimum absolute atomic E-state index is 0.531. The molecule has 0 heterocycles. The Kier molecular flexibility index (Phi) is 6.18. The van der Waals surface area contributed by atoms with Gasteiger partial charge < -0.3 is 4.74 Å². The van der Waals surface area contributed by atoms with E-state index in [4.69, 9.17) is 4.74 Å². The molecule has 0 aliphatic heterocycles. The fourth-order valence-corrected chi connectivity index (χ4v) is 9.05. The van der Waals surface area contributed by atoms with Crippen molar-refractivity contribution in [3.8, 4) is 16.9 Å². The average Bonchev–Trinajstić information content (AvgIpc) is 3.24. The largest absolute Gasteiger partial charge is 0.489 e. The van der Waals surface area contributed by atoms with Crippen molar-refractivity contribution in [2.24, 2.45) is 0 Å². The summed E-state index contributed by atoms with van der Waals surface area (Å²) in [4.78, 5) is 0. The molecule has 0 radical (unpaired) electrons. The molecule has 2 heteroatoms. The first-order chi connectivity index (χ1) is 13.2. The second-order valence-electron chi connectivity index (χ2n) is 7.31. The third-order valence-corrected chi connectivity index (χ3v) is 11.5. The summed E-state index contributed by atoms with van der Waals surface area (Å²) in [7, 11) is -1.81.